The molecule has 2 heteroatoms. The molecule has 13 heavy (non-hydrogen) atoms. The van der Waals surface area contributed by atoms with Gasteiger partial charge in [-0.1, -0.05) is 40.2 Å². The zero-order chi connectivity index (χ0) is 9.26. The van der Waals surface area contributed by atoms with Crippen molar-refractivity contribution in [1.29, 1.82) is 0 Å². The molecule has 0 amide bonds. The van der Waals surface area contributed by atoms with Gasteiger partial charge in [-0.15, -0.1) is 0 Å². The molecule has 1 aliphatic carbocycles. The van der Waals surface area contributed by atoms with E-state index >= 15 is 0 Å². The second kappa shape index (κ2) is 3.64. The summed E-state index contributed by atoms with van der Waals surface area (Å²) >= 11 is 3.53. The van der Waals surface area contributed by atoms with E-state index in [0.29, 0.717) is 0 Å². The first-order valence-electron chi connectivity index (χ1n) is 4.39. The highest BCUT2D eigenvalue weighted by Crippen LogP contribution is 2.34. The zero-order valence-corrected chi connectivity index (χ0v) is 8.84. The van der Waals surface area contributed by atoms with Crippen LogP contribution < -0.4 is 0 Å². The molecular formula is C11H11BrO. The van der Waals surface area contributed by atoms with Gasteiger partial charge < -0.3 is 5.11 Å². The molecule has 1 aliphatic rings. The van der Waals surface area contributed by atoms with Gasteiger partial charge >= 0.3 is 0 Å². The highest BCUT2D eigenvalue weighted by Gasteiger charge is 2.15. The molecular weight excluding hydrogens is 228 g/mol. The summed E-state index contributed by atoms with van der Waals surface area (Å²) in [7, 11) is 0. The standard InChI is InChI=1S/C11H11BrO/c12-11-9(7-13)6-5-8-3-1-2-4-10(8)11/h1-4,13H,5-7H2. The molecule has 0 saturated heterocycles. The van der Waals surface area contributed by atoms with Crippen molar-refractivity contribution in [2.45, 2.75) is 12.8 Å². The molecule has 0 heterocycles. The molecule has 1 N–H and O–H groups in total. The van der Waals surface area contributed by atoms with Crippen LogP contribution in [0.2, 0.25) is 0 Å². The molecule has 0 spiro atoms. The Morgan fingerprint density at radius 3 is 2.77 bits per heavy atom. The van der Waals surface area contributed by atoms with Crippen molar-refractivity contribution in [2.75, 3.05) is 6.61 Å². The minimum atomic E-state index is 0.162. The molecule has 68 valence electrons. The summed E-state index contributed by atoms with van der Waals surface area (Å²) < 4.78 is 1.08. The highest BCUT2D eigenvalue weighted by molar-refractivity contribution is 9.15. The lowest BCUT2D eigenvalue weighted by molar-refractivity contribution is 0.327. The van der Waals surface area contributed by atoms with Crippen LogP contribution in [-0.2, 0) is 6.42 Å². The fraction of sp³-hybridized carbons (Fsp3) is 0.273. The van der Waals surface area contributed by atoms with Crippen LogP contribution in [0.1, 0.15) is 17.5 Å². The van der Waals surface area contributed by atoms with Crippen molar-refractivity contribution < 1.29 is 5.11 Å². The first-order valence-corrected chi connectivity index (χ1v) is 5.19. The lowest BCUT2D eigenvalue weighted by Crippen LogP contribution is -2.04. The first-order chi connectivity index (χ1) is 6.33. The summed E-state index contributed by atoms with van der Waals surface area (Å²) in [4.78, 5) is 0. The molecule has 0 bridgehead atoms. The predicted octanol–water partition coefficient (Wildman–Crippen LogP) is 2.73. The van der Waals surface area contributed by atoms with Gasteiger partial charge in [0.2, 0.25) is 0 Å². The van der Waals surface area contributed by atoms with Crippen LogP contribution in [0.25, 0.3) is 4.48 Å². The van der Waals surface area contributed by atoms with Crippen LogP contribution in [-0.4, -0.2) is 11.7 Å². The van der Waals surface area contributed by atoms with Gasteiger partial charge in [0.05, 0.1) is 6.61 Å². The second-order valence-corrected chi connectivity index (χ2v) is 4.03. The lowest BCUT2D eigenvalue weighted by Gasteiger charge is -2.18. The summed E-state index contributed by atoms with van der Waals surface area (Å²) in [5.41, 5.74) is 3.71. The van der Waals surface area contributed by atoms with Gasteiger partial charge in [-0.3, -0.25) is 0 Å². The summed E-state index contributed by atoms with van der Waals surface area (Å²) in [5.74, 6) is 0. The molecule has 0 radical (unpaired) electrons. The fourth-order valence-electron chi connectivity index (χ4n) is 1.69. The van der Waals surface area contributed by atoms with Crippen molar-refractivity contribution in [2.24, 2.45) is 0 Å². The molecule has 1 aromatic carbocycles. The Kier molecular flexibility index (Phi) is 2.51. The van der Waals surface area contributed by atoms with E-state index in [1.807, 2.05) is 6.07 Å². The molecule has 0 fully saturated rings. The Balaban J connectivity index is 2.52. The van der Waals surface area contributed by atoms with Crippen LogP contribution in [0.4, 0.5) is 0 Å². The van der Waals surface area contributed by atoms with E-state index in [4.69, 9.17) is 5.11 Å². The number of rotatable bonds is 1. The number of hydrogen-bond acceptors (Lipinski definition) is 1. The summed E-state index contributed by atoms with van der Waals surface area (Å²) in [6.07, 6.45) is 2.01. The molecule has 0 atom stereocenters. The van der Waals surface area contributed by atoms with E-state index in [2.05, 4.69) is 34.1 Å². The normalized spacial score (nSPS) is 15.8. The quantitative estimate of drug-likeness (QED) is 0.798. The van der Waals surface area contributed by atoms with E-state index in [-0.39, 0.29) is 6.61 Å². The maximum absolute atomic E-state index is 9.10. The molecule has 1 nitrogen and oxygen atoms in total. The Bertz CT molecular complexity index is 355. The Morgan fingerprint density at radius 1 is 1.23 bits per heavy atom. The number of halogens is 1. The minimum absolute atomic E-state index is 0.162. The maximum Gasteiger partial charge on any atom is 0.0655 e. The molecule has 0 saturated carbocycles. The second-order valence-electron chi connectivity index (χ2n) is 3.23. The molecule has 0 aliphatic heterocycles. The van der Waals surface area contributed by atoms with Crippen LogP contribution >= 0.6 is 15.9 Å². The van der Waals surface area contributed by atoms with Crippen molar-refractivity contribution in [3.05, 3.63) is 41.0 Å². The van der Waals surface area contributed by atoms with Crippen LogP contribution in [0.15, 0.2) is 29.8 Å². The lowest BCUT2D eigenvalue weighted by atomic mass is 9.93. The first kappa shape index (κ1) is 8.97. The van der Waals surface area contributed by atoms with Gasteiger partial charge in [0.1, 0.15) is 0 Å². The fourth-order valence-corrected chi connectivity index (χ4v) is 2.40. The minimum Gasteiger partial charge on any atom is -0.392 e. The van der Waals surface area contributed by atoms with Crippen LogP contribution in [0.3, 0.4) is 0 Å². The summed E-state index contributed by atoms with van der Waals surface area (Å²) in [6.45, 7) is 0.162. The Hall–Kier alpha value is -0.600. The third-order valence-corrected chi connectivity index (χ3v) is 3.44. The van der Waals surface area contributed by atoms with E-state index in [1.54, 1.807) is 0 Å². The van der Waals surface area contributed by atoms with Gasteiger partial charge in [-0.05, 0) is 29.5 Å². The highest BCUT2D eigenvalue weighted by atomic mass is 79.9. The monoisotopic (exact) mass is 238 g/mol. The van der Waals surface area contributed by atoms with Gasteiger partial charge in [0.15, 0.2) is 0 Å². The Morgan fingerprint density at radius 2 is 2.00 bits per heavy atom. The molecule has 0 aromatic heterocycles. The van der Waals surface area contributed by atoms with Gasteiger partial charge in [0.25, 0.3) is 0 Å². The van der Waals surface area contributed by atoms with Crippen LogP contribution in [0, 0.1) is 0 Å². The number of fused-ring (bicyclic) bond motifs is 1. The average Bonchev–Trinajstić information content (AvgIpc) is 2.19. The zero-order valence-electron chi connectivity index (χ0n) is 7.26. The van der Waals surface area contributed by atoms with Gasteiger partial charge in [-0.25, -0.2) is 0 Å². The number of hydrogen-bond donors (Lipinski definition) is 1. The third kappa shape index (κ3) is 1.56. The largest absolute Gasteiger partial charge is 0.392 e. The average molecular weight is 239 g/mol. The van der Waals surface area contributed by atoms with Crippen molar-refractivity contribution in [3.8, 4) is 0 Å². The number of aryl methyl sites for hydroxylation is 1. The van der Waals surface area contributed by atoms with E-state index in [1.165, 1.54) is 11.1 Å². The van der Waals surface area contributed by atoms with E-state index < -0.39 is 0 Å². The summed E-state index contributed by atoms with van der Waals surface area (Å²) in [5, 5.41) is 9.10. The summed E-state index contributed by atoms with van der Waals surface area (Å²) in [6, 6.07) is 8.32. The molecule has 2 rings (SSSR count). The number of aliphatic hydroxyl groups is 1. The number of aliphatic hydroxyl groups excluding tert-OH is 1. The Labute approximate surface area is 86.2 Å². The third-order valence-electron chi connectivity index (χ3n) is 2.45. The van der Waals surface area contributed by atoms with E-state index in [0.717, 1.165) is 22.9 Å². The van der Waals surface area contributed by atoms with Gasteiger partial charge in [0, 0.05) is 4.48 Å². The van der Waals surface area contributed by atoms with Gasteiger partial charge in [-0.2, -0.15) is 0 Å². The predicted molar refractivity (Wildman–Crippen MR) is 57.7 cm³/mol. The topological polar surface area (TPSA) is 20.2 Å². The maximum atomic E-state index is 9.10. The van der Waals surface area contributed by atoms with E-state index in [9.17, 15) is 0 Å². The van der Waals surface area contributed by atoms with Crippen molar-refractivity contribution >= 4 is 20.4 Å². The SMILES string of the molecule is OCC1=C(Br)c2ccccc2CC1. The number of benzene rings is 1. The molecule has 1 aromatic rings. The van der Waals surface area contributed by atoms with Crippen molar-refractivity contribution in [3.63, 3.8) is 0 Å². The van der Waals surface area contributed by atoms with Crippen LogP contribution in [0.5, 0.6) is 0 Å². The van der Waals surface area contributed by atoms with Crippen molar-refractivity contribution in [1.82, 2.24) is 0 Å². The smallest absolute Gasteiger partial charge is 0.0655 e. The molecule has 0 unspecified atom stereocenters.